The fourth-order valence-electron chi connectivity index (χ4n) is 4.49. The predicted octanol–water partition coefficient (Wildman–Crippen LogP) is 6.14. The summed E-state index contributed by atoms with van der Waals surface area (Å²) in [6.07, 6.45) is 5.26. The molecule has 0 spiro atoms. The monoisotopic (exact) mass is 539 g/mol. The van der Waals surface area contributed by atoms with Gasteiger partial charge in [-0.05, 0) is 83.3 Å². The molecule has 3 heterocycles. The first-order chi connectivity index (χ1) is 20.1. The molecule has 0 amide bonds. The highest BCUT2D eigenvalue weighted by Gasteiger charge is 2.18. The molecule has 0 radical (unpaired) electrons. The molecular formula is C32H25N7O2. The van der Waals surface area contributed by atoms with Gasteiger partial charge >= 0.3 is 0 Å². The number of rotatable bonds is 8. The fraction of sp³-hybridized carbons (Fsp3) is 0.0938. The summed E-state index contributed by atoms with van der Waals surface area (Å²) in [5.74, 6) is 1.34. The Morgan fingerprint density at radius 3 is 2.37 bits per heavy atom. The molecule has 6 aromatic rings. The van der Waals surface area contributed by atoms with Crippen molar-refractivity contribution in [3.63, 3.8) is 0 Å². The Balaban J connectivity index is 1.38. The molecule has 3 aromatic carbocycles. The van der Waals surface area contributed by atoms with Crippen LogP contribution in [0.25, 0.3) is 22.3 Å². The van der Waals surface area contributed by atoms with Gasteiger partial charge in [0.25, 0.3) is 5.88 Å². The number of aromatic nitrogens is 5. The highest BCUT2D eigenvalue weighted by molar-refractivity contribution is 5.79. The summed E-state index contributed by atoms with van der Waals surface area (Å²) in [6.45, 7) is 2.51. The lowest BCUT2D eigenvalue weighted by atomic mass is 10.0. The van der Waals surface area contributed by atoms with Gasteiger partial charge < -0.3 is 19.7 Å². The molecule has 0 aliphatic heterocycles. The number of hydrogen-bond donors (Lipinski definition) is 2. The van der Waals surface area contributed by atoms with E-state index >= 15 is 0 Å². The van der Waals surface area contributed by atoms with E-state index < -0.39 is 0 Å². The summed E-state index contributed by atoms with van der Waals surface area (Å²) < 4.78 is 8.41. The van der Waals surface area contributed by atoms with Crippen molar-refractivity contribution < 1.29 is 9.84 Å². The van der Waals surface area contributed by atoms with Crippen LogP contribution in [0.5, 0.6) is 11.6 Å². The maximum atomic E-state index is 9.39. The molecule has 0 aliphatic rings. The van der Waals surface area contributed by atoms with Crippen LogP contribution in [0, 0.1) is 18.3 Å². The van der Waals surface area contributed by atoms with Crippen molar-refractivity contribution in [1.82, 2.24) is 24.5 Å². The quantitative estimate of drug-likeness (QED) is 0.236. The van der Waals surface area contributed by atoms with E-state index in [0.717, 1.165) is 33.5 Å². The van der Waals surface area contributed by atoms with Crippen LogP contribution in [0.3, 0.4) is 0 Å². The van der Waals surface area contributed by atoms with Crippen LogP contribution in [0.15, 0.2) is 97.6 Å². The molecule has 0 fully saturated rings. The molecule has 0 saturated heterocycles. The molecule has 0 saturated carbocycles. The molecule has 3 aromatic heterocycles. The number of nitrogens with one attached hydrogen (secondary N) is 1. The maximum absolute atomic E-state index is 9.39. The van der Waals surface area contributed by atoms with Crippen LogP contribution in [-0.2, 0) is 13.2 Å². The van der Waals surface area contributed by atoms with Gasteiger partial charge in [-0.15, -0.1) is 0 Å². The number of imidazole rings is 1. The number of aryl methyl sites for hydroxylation is 1. The van der Waals surface area contributed by atoms with Crippen LogP contribution in [0.1, 0.15) is 22.3 Å². The third kappa shape index (κ3) is 5.59. The molecule has 2 N–H and O–H groups in total. The Morgan fingerprint density at radius 2 is 1.66 bits per heavy atom. The number of benzene rings is 3. The third-order valence-corrected chi connectivity index (χ3v) is 6.66. The largest absolute Gasteiger partial charge is 0.437 e. The summed E-state index contributed by atoms with van der Waals surface area (Å²) in [5, 5.41) is 21.7. The van der Waals surface area contributed by atoms with Crippen molar-refractivity contribution in [2.45, 2.75) is 20.1 Å². The second-order valence-corrected chi connectivity index (χ2v) is 9.50. The van der Waals surface area contributed by atoms with Gasteiger partial charge in [0.05, 0.1) is 24.6 Å². The SMILES string of the molecule is Cc1cc(-c2ccncc2)ccc1Oc1nc(Nc2ccc(C#N)cc2)nc2ncn(Cc3ccc(CO)cc3)c12. The minimum atomic E-state index is -0.00552. The van der Waals surface area contributed by atoms with Crippen LogP contribution in [-0.4, -0.2) is 29.6 Å². The molecule has 6 rings (SSSR count). The molecule has 9 heteroatoms. The van der Waals surface area contributed by atoms with E-state index in [1.54, 1.807) is 43.0 Å². The molecule has 0 unspecified atom stereocenters. The fourth-order valence-corrected chi connectivity index (χ4v) is 4.49. The normalized spacial score (nSPS) is 10.9. The van der Waals surface area contributed by atoms with Gasteiger partial charge in [0, 0.05) is 24.6 Å². The summed E-state index contributed by atoms with van der Waals surface area (Å²) in [6, 6.07) is 26.8. The Hall–Kier alpha value is -5.59. The predicted molar refractivity (Wildman–Crippen MR) is 156 cm³/mol. The molecule has 0 aliphatic carbocycles. The molecule has 0 bridgehead atoms. The van der Waals surface area contributed by atoms with E-state index in [0.29, 0.717) is 40.8 Å². The van der Waals surface area contributed by atoms with Gasteiger partial charge in [0.2, 0.25) is 5.95 Å². The van der Waals surface area contributed by atoms with E-state index in [2.05, 4.69) is 32.4 Å². The summed E-state index contributed by atoms with van der Waals surface area (Å²) in [4.78, 5) is 18.1. The Bertz CT molecular complexity index is 1860. The minimum absolute atomic E-state index is 0.00552. The molecule has 9 nitrogen and oxygen atoms in total. The van der Waals surface area contributed by atoms with Crippen molar-refractivity contribution in [2.24, 2.45) is 0 Å². The number of aliphatic hydroxyl groups excluding tert-OH is 1. The van der Waals surface area contributed by atoms with Gasteiger partial charge in [0.15, 0.2) is 11.2 Å². The first kappa shape index (κ1) is 25.7. The second-order valence-electron chi connectivity index (χ2n) is 9.50. The average molecular weight is 540 g/mol. The summed E-state index contributed by atoms with van der Waals surface area (Å²) in [7, 11) is 0. The van der Waals surface area contributed by atoms with Gasteiger partial charge in [-0.2, -0.15) is 15.2 Å². The standard InChI is InChI=1S/C32H25N7O2/c1-21-16-26(25-12-14-34-15-13-25)8-11-28(21)41-31-29-30(35-20-39(29)18-23-2-4-24(19-40)5-3-23)37-32(38-31)36-27-9-6-22(17-33)7-10-27/h2-16,20,40H,18-19H2,1H3,(H,36,37,38). The van der Waals surface area contributed by atoms with Crippen LogP contribution < -0.4 is 10.1 Å². The average Bonchev–Trinajstić information content (AvgIpc) is 3.42. The van der Waals surface area contributed by atoms with Gasteiger partial charge in [-0.1, -0.05) is 30.3 Å². The number of nitriles is 1. The zero-order valence-corrected chi connectivity index (χ0v) is 22.2. The number of ether oxygens (including phenoxy) is 1. The lowest BCUT2D eigenvalue weighted by molar-refractivity contribution is 0.282. The zero-order valence-electron chi connectivity index (χ0n) is 22.2. The van der Waals surface area contributed by atoms with E-state index in [9.17, 15) is 5.11 Å². The third-order valence-electron chi connectivity index (χ3n) is 6.66. The Labute approximate surface area is 236 Å². The highest BCUT2D eigenvalue weighted by Crippen LogP contribution is 2.33. The van der Waals surface area contributed by atoms with Crippen LogP contribution in [0.4, 0.5) is 11.6 Å². The van der Waals surface area contributed by atoms with Crippen LogP contribution in [0.2, 0.25) is 0 Å². The van der Waals surface area contributed by atoms with E-state index in [4.69, 9.17) is 15.0 Å². The lowest BCUT2D eigenvalue weighted by Gasteiger charge is -2.14. The Kier molecular flexibility index (Phi) is 7.05. The lowest BCUT2D eigenvalue weighted by Crippen LogP contribution is -2.04. The zero-order chi connectivity index (χ0) is 28.2. The van der Waals surface area contributed by atoms with Gasteiger partial charge in [0.1, 0.15) is 5.75 Å². The number of nitrogens with zero attached hydrogens (tertiary/aromatic N) is 6. The first-order valence-electron chi connectivity index (χ1n) is 13.0. The summed E-state index contributed by atoms with van der Waals surface area (Å²) >= 11 is 0. The highest BCUT2D eigenvalue weighted by atomic mass is 16.5. The second kappa shape index (κ2) is 11.3. The van der Waals surface area contributed by atoms with E-state index in [1.807, 2.05) is 60.0 Å². The summed E-state index contributed by atoms with van der Waals surface area (Å²) in [5.41, 5.74) is 7.37. The van der Waals surface area contributed by atoms with Crippen molar-refractivity contribution in [3.05, 3.63) is 120 Å². The topological polar surface area (TPSA) is 122 Å². The van der Waals surface area contributed by atoms with Crippen molar-refractivity contribution in [3.8, 4) is 28.8 Å². The molecule has 200 valence electrons. The number of pyridine rings is 1. The number of aliphatic hydroxyl groups is 1. The molecule has 0 atom stereocenters. The smallest absolute Gasteiger partial charge is 0.250 e. The van der Waals surface area contributed by atoms with Crippen molar-refractivity contribution in [1.29, 1.82) is 5.26 Å². The molecular weight excluding hydrogens is 514 g/mol. The molecule has 41 heavy (non-hydrogen) atoms. The van der Waals surface area contributed by atoms with E-state index in [-0.39, 0.29) is 6.61 Å². The number of fused-ring (bicyclic) bond motifs is 1. The first-order valence-corrected chi connectivity index (χ1v) is 13.0. The van der Waals surface area contributed by atoms with E-state index in [1.165, 1.54) is 0 Å². The van der Waals surface area contributed by atoms with Crippen LogP contribution >= 0.6 is 0 Å². The minimum Gasteiger partial charge on any atom is -0.437 e. The number of hydrogen-bond acceptors (Lipinski definition) is 8. The van der Waals surface area contributed by atoms with Crippen molar-refractivity contribution >= 4 is 22.8 Å². The maximum Gasteiger partial charge on any atom is 0.250 e. The van der Waals surface area contributed by atoms with Crippen molar-refractivity contribution in [2.75, 3.05) is 5.32 Å². The Morgan fingerprint density at radius 1 is 0.902 bits per heavy atom. The van der Waals surface area contributed by atoms with Gasteiger partial charge in [-0.3, -0.25) is 4.98 Å². The number of anilines is 2. The van der Waals surface area contributed by atoms with Gasteiger partial charge in [-0.25, -0.2) is 4.98 Å².